The summed E-state index contributed by atoms with van der Waals surface area (Å²) in [6.07, 6.45) is 0. The average Bonchev–Trinajstić information content (AvgIpc) is 3.79. The van der Waals surface area contributed by atoms with E-state index in [-0.39, 0.29) is 0 Å². The Morgan fingerprint density at radius 1 is 0.489 bits per heavy atom. The van der Waals surface area contributed by atoms with Crippen LogP contribution in [0.2, 0.25) is 0 Å². The lowest BCUT2D eigenvalue weighted by atomic mass is 9.98. The van der Waals surface area contributed by atoms with Crippen molar-refractivity contribution in [3.8, 4) is 28.6 Å². The number of para-hydroxylation sites is 4. The molecule has 0 saturated carbocycles. The van der Waals surface area contributed by atoms with Gasteiger partial charge >= 0.3 is 0 Å². The van der Waals surface area contributed by atoms with Crippen LogP contribution in [0.3, 0.4) is 0 Å². The Kier molecular flexibility index (Phi) is 5.32. The molecular weight excluding hydrogens is 574 g/mol. The zero-order valence-corrected chi connectivity index (χ0v) is 25.2. The zero-order valence-electron chi connectivity index (χ0n) is 25.2. The van der Waals surface area contributed by atoms with Crippen molar-refractivity contribution in [2.45, 2.75) is 0 Å². The Labute approximate surface area is 269 Å². The lowest BCUT2D eigenvalue weighted by Crippen LogP contribution is -1.98. The molecule has 0 saturated heterocycles. The van der Waals surface area contributed by atoms with Crippen LogP contribution in [-0.2, 0) is 0 Å². The molecule has 47 heavy (non-hydrogen) atoms. The Morgan fingerprint density at radius 3 is 1.91 bits per heavy atom. The molecule has 0 spiro atoms. The largest absolute Gasteiger partial charge is 0.455 e. The number of rotatable bonds is 3. The topological polar surface area (TPSA) is 46.8 Å². The quantitative estimate of drug-likeness (QED) is 0.203. The predicted octanol–water partition coefficient (Wildman–Crippen LogP) is 11.3. The molecule has 0 atom stereocenters. The van der Waals surface area contributed by atoms with Crippen LogP contribution in [0.1, 0.15) is 5.56 Å². The molecule has 0 bridgehead atoms. The van der Waals surface area contributed by atoms with Gasteiger partial charge in [-0.2, -0.15) is 5.26 Å². The van der Waals surface area contributed by atoms with Crippen LogP contribution in [-0.4, -0.2) is 9.13 Å². The number of nitriles is 1. The molecule has 4 nitrogen and oxygen atoms in total. The number of furan rings is 1. The van der Waals surface area contributed by atoms with E-state index >= 15 is 0 Å². The molecule has 0 aliphatic rings. The van der Waals surface area contributed by atoms with Crippen molar-refractivity contribution >= 4 is 65.6 Å². The van der Waals surface area contributed by atoms with Gasteiger partial charge in [0.25, 0.3) is 0 Å². The van der Waals surface area contributed by atoms with Gasteiger partial charge in [-0.05, 0) is 72.3 Å². The molecule has 0 aliphatic carbocycles. The maximum Gasteiger partial charge on any atom is 0.145 e. The van der Waals surface area contributed by atoms with Gasteiger partial charge in [0.2, 0.25) is 0 Å². The molecule has 0 unspecified atom stereocenters. The van der Waals surface area contributed by atoms with Gasteiger partial charge in [-0.15, -0.1) is 0 Å². The van der Waals surface area contributed by atoms with Crippen molar-refractivity contribution in [2.24, 2.45) is 0 Å². The van der Waals surface area contributed by atoms with Crippen LogP contribution in [0.25, 0.3) is 88.1 Å². The van der Waals surface area contributed by atoms with E-state index in [0.29, 0.717) is 5.56 Å². The summed E-state index contributed by atoms with van der Waals surface area (Å²) in [6.45, 7) is 0. The van der Waals surface area contributed by atoms with Gasteiger partial charge < -0.3 is 13.6 Å². The molecule has 0 aliphatic heterocycles. The smallest absolute Gasteiger partial charge is 0.145 e. The van der Waals surface area contributed by atoms with Gasteiger partial charge in [0.1, 0.15) is 11.2 Å². The van der Waals surface area contributed by atoms with Crippen LogP contribution in [0.15, 0.2) is 156 Å². The van der Waals surface area contributed by atoms with E-state index in [4.69, 9.17) is 4.42 Å². The van der Waals surface area contributed by atoms with E-state index < -0.39 is 0 Å². The normalized spacial score (nSPS) is 11.8. The first-order valence-electron chi connectivity index (χ1n) is 15.8. The zero-order chi connectivity index (χ0) is 31.1. The van der Waals surface area contributed by atoms with Crippen LogP contribution in [0, 0.1) is 11.3 Å². The Hall–Kier alpha value is -6.57. The minimum Gasteiger partial charge on any atom is -0.455 e. The van der Waals surface area contributed by atoms with E-state index in [1.807, 2.05) is 30.3 Å². The van der Waals surface area contributed by atoms with Crippen molar-refractivity contribution in [3.63, 3.8) is 0 Å². The van der Waals surface area contributed by atoms with Crippen LogP contribution < -0.4 is 0 Å². The summed E-state index contributed by atoms with van der Waals surface area (Å²) in [5.74, 6) is 0. The van der Waals surface area contributed by atoms with Gasteiger partial charge in [0, 0.05) is 38.2 Å². The molecule has 10 rings (SSSR count). The number of benzene rings is 7. The lowest BCUT2D eigenvalue weighted by molar-refractivity contribution is 0.673. The summed E-state index contributed by atoms with van der Waals surface area (Å²) in [6, 6.07) is 55.3. The van der Waals surface area contributed by atoms with E-state index in [2.05, 4.69) is 137 Å². The lowest BCUT2D eigenvalue weighted by Gasteiger charge is -2.15. The number of hydrogen-bond acceptors (Lipinski definition) is 2. The number of fused-ring (bicyclic) bond motifs is 10. The number of hydrogen-bond donors (Lipinski definition) is 0. The average molecular weight is 600 g/mol. The molecule has 3 heterocycles. The Morgan fingerprint density at radius 2 is 1.15 bits per heavy atom. The molecule has 0 amide bonds. The van der Waals surface area contributed by atoms with Crippen molar-refractivity contribution in [1.29, 1.82) is 5.26 Å². The van der Waals surface area contributed by atoms with Crippen LogP contribution in [0.5, 0.6) is 0 Å². The molecule has 3 aromatic heterocycles. The van der Waals surface area contributed by atoms with Crippen molar-refractivity contribution in [3.05, 3.63) is 157 Å². The first-order valence-corrected chi connectivity index (χ1v) is 15.8. The third-order valence-corrected chi connectivity index (χ3v) is 9.55. The third kappa shape index (κ3) is 3.63. The molecule has 0 radical (unpaired) electrons. The standard InChI is InChI=1S/C43H25N3O/c44-26-27-18-20-30(40(24-27)46-36-15-7-4-12-31(36)32-13-5-8-16-37(32)46)28-19-22-38-35(25-28)42-39(45(38)29-10-2-1-3-11-29)23-21-34-33-14-6-9-17-41(33)47-43(34)42/h1-25H. The highest BCUT2D eigenvalue weighted by molar-refractivity contribution is 6.24. The number of aromatic nitrogens is 2. The monoisotopic (exact) mass is 599 g/mol. The second kappa shape index (κ2) is 9.71. The first-order chi connectivity index (χ1) is 23.3. The second-order valence-corrected chi connectivity index (χ2v) is 12.1. The SMILES string of the molecule is N#Cc1ccc(-c2ccc3c(c2)c2c4oc5ccccc5c4ccc2n3-c2ccccc2)c(-n2c3ccccc3c3ccccc32)c1. The molecular formula is C43H25N3O. The molecule has 218 valence electrons. The van der Waals surface area contributed by atoms with Gasteiger partial charge in [-0.1, -0.05) is 84.9 Å². The van der Waals surface area contributed by atoms with Crippen LogP contribution >= 0.6 is 0 Å². The Balaban J connectivity index is 1.32. The third-order valence-electron chi connectivity index (χ3n) is 9.55. The fourth-order valence-corrected chi connectivity index (χ4v) is 7.52. The second-order valence-electron chi connectivity index (χ2n) is 12.1. The predicted molar refractivity (Wildman–Crippen MR) is 193 cm³/mol. The summed E-state index contributed by atoms with van der Waals surface area (Å²) in [7, 11) is 0. The van der Waals surface area contributed by atoms with E-state index in [1.165, 1.54) is 10.8 Å². The first kappa shape index (κ1) is 25.7. The highest BCUT2D eigenvalue weighted by atomic mass is 16.3. The van der Waals surface area contributed by atoms with E-state index in [0.717, 1.165) is 77.3 Å². The van der Waals surface area contributed by atoms with Gasteiger partial charge in [0.05, 0.1) is 44.8 Å². The summed E-state index contributed by atoms with van der Waals surface area (Å²) >= 11 is 0. The summed E-state index contributed by atoms with van der Waals surface area (Å²) in [4.78, 5) is 0. The van der Waals surface area contributed by atoms with Crippen LogP contribution in [0.4, 0.5) is 0 Å². The fraction of sp³-hybridized carbons (Fsp3) is 0. The molecule has 10 aromatic rings. The molecule has 0 fully saturated rings. The maximum atomic E-state index is 10.0. The van der Waals surface area contributed by atoms with Crippen molar-refractivity contribution < 1.29 is 4.42 Å². The molecule has 7 aromatic carbocycles. The summed E-state index contributed by atoms with van der Waals surface area (Å²) in [5.41, 5.74) is 11.0. The van der Waals surface area contributed by atoms with Crippen molar-refractivity contribution in [1.82, 2.24) is 9.13 Å². The van der Waals surface area contributed by atoms with E-state index in [9.17, 15) is 5.26 Å². The molecule has 0 N–H and O–H groups in total. The van der Waals surface area contributed by atoms with Gasteiger partial charge in [0.15, 0.2) is 0 Å². The fourth-order valence-electron chi connectivity index (χ4n) is 7.52. The highest BCUT2D eigenvalue weighted by Crippen LogP contribution is 2.43. The summed E-state index contributed by atoms with van der Waals surface area (Å²) in [5, 5.41) is 16.8. The maximum absolute atomic E-state index is 10.0. The van der Waals surface area contributed by atoms with Gasteiger partial charge in [-0.25, -0.2) is 0 Å². The molecule has 4 heteroatoms. The summed E-state index contributed by atoms with van der Waals surface area (Å²) < 4.78 is 11.3. The van der Waals surface area contributed by atoms with E-state index in [1.54, 1.807) is 0 Å². The Bertz CT molecular complexity index is 2860. The minimum atomic E-state index is 0.622. The van der Waals surface area contributed by atoms with Gasteiger partial charge in [-0.3, -0.25) is 0 Å². The minimum absolute atomic E-state index is 0.622. The number of nitrogens with zero attached hydrogens (tertiary/aromatic N) is 3. The highest BCUT2D eigenvalue weighted by Gasteiger charge is 2.21. The van der Waals surface area contributed by atoms with Crippen molar-refractivity contribution in [2.75, 3.05) is 0 Å².